The number of carbonyl (C=O) groups is 1. The first kappa shape index (κ1) is 17.0. The van der Waals surface area contributed by atoms with E-state index in [1.165, 1.54) is 6.33 Å². The molecular weight excluding hydrogens is 360 g/mol. The number of anilines is 3. The maximum absolute atomic E-state index is 12.0. The zero-order valence-electron chi connectivity index (χ0n) is 12.8. The van der Waals surface area contributed by atoms with Gasteiger partial charge in [-0.3, -0.25) is 15.6 Å². The lowest BCUT2D eigenvalue weighted by Gasteiger charge is -2.13. The van der Waals surface area contributed by atoms with Crippen molar-refractivity contribution in [3.05, 3.63) is 40.6 Å². The van der Waals surface area contributed by atoms with Crippen molar-refractivity contribution in [3.8, 4) is 0 Å². The van der Waals surface area contributed by atoms with Gasteiger partial charge in [-0.05, 0) is 30.7 Å². The molecule has 8 heteroatoms. The van der Waals surface area contributed by atoms with E-state index < -0.39 is 0 Å². The Morgan fingerprint density at radius 1 is 1.22 bits per heavy atom. The van der Waals surface area contributed by atoms with E-state index in [1.807, 2.05) is 0 Å². The van der Waals surface area contributed by atoms with Crippen LogP contribution < -0.4 is 21.9 Å². The number of amides is 1. The maximum atomic E-state index is 12.0. The smallest absolute Gasteiger partial charge is 0.269 e. The minimum atomic E-state index is -0.281. The molecule has 0 bridgehead atoms. The molecule has 0 saturated heterocycles. The third kappa shape index (κ3) is 4.82. The van der Waals surface area contributed by atoms with Gasteiger partial charge in [0.25, 0.3) is 5.91 Å². The molecule has 0 aliphatic heterocycles. The number of hydrazine groups is 1. The van der Waals surface area contributed by atoms with Crippen LogP contribution in [0.4, 0.5) is 17.3 Å². The summed E-state index contributed by atoms with van der Waals surface area (Å²) in [5, 5.41) is 3.15. The molecule has 1 aromatic heterocycles. The van der Waals surface area contributed by atoms with Gasteiger partial charge in [0.05, 0.1) is 0 Å². The standard InChI is InChI=1S/C15H19BrN6O/c1-2-3-8-18-13-12(17)14(20-9-19-13)21-22-15(23)10-4-6-11(16)7-5-10/h4-7,9H,2-3,8,17H2,1H3,(H,22,23)(H2,18,19,20,21). The first-order valence-electron chi connectivity index (χ1n) is 7.28. The molecule has 1 aromatic carbocycles. The summed E-state index contributed by atoms with van der Waals surface area (Å²) < 4.78 is 0.907. The van der Waals surface area contributed by atoms with Gasteiger partial charge < -0.3 is 11.1 Å². The molecule has 0 atom stereocenters. The Bertz CT molecular complexity index is 662. The van der Waals surface area contributed by atoms with Crippen LogP contribution in [0.15, 0.2) is 35.1 Å². The van der Waals surface area contributed by atoms with Gasteiger partial charge in [-0.25, -0.2) is 9.97 Å². The lowest BCUT2D eigenvalue weighted by Crippen LogP contribution is -2.30. The van der Waals surface area contributed by atoms with Gasteiger partial charge in [0, 0.05) is 16.6 Å². The second kappa shape index (κ2) is 8.33. The maximum Gasteiger partial charge on any atom is 0.269 e. The van der Waals surface area contributed by atoms with Crippen LogP contribution in [0.3, 0.4) is 0 Å². The third-order valence-corrected chi connectivity index (χ3v) is 3.64. The number of hydrogen-bond acceptors (Lipinski definition) is 6. The topological polar surface area (TPSA) is 105 Å². The molecule has 1 heterocycles. The van der Waals surface area contributed by atoms with Gasteiger partial charge in [-0.2, -0.15) is 0 Å². The number of rotatable bonds is 7. The second-order valence-corrected chi connectivity index (χ2v) is 5.77. The quantitative estimate of drug-likeness (QED) is 0.436. The Balaban J connectivity index is 1.98. The lowest BCUT2D eigenvalue weighted by atomic mass is 10.2. The zero-order valence-corrected chi connectivity index (χ0v) is 14.4. The average Bonchev–Trinajstić information content (AvgIpc) is 2.56. The number of hydrogen-bond donors (Lipinski definition) is 4. The molecule has 0 saturated carbocycles. The van der Waals surface area contributed by atoms with Crippen LogP contribution in [-0.4, -0.2) is 22.4 Å². The van der Waals surface area contributed by atoms with Crippen LogP contribution in [0.5, 0.6) is 0 Å². The summed E-state index contributed by atoms with van der Waals surface area (Å²) in [6.07, 6.45) is 3.48. The number of nitrogens with zero attached hydrogens (tertiary/aromatic N) is 2. The normalized spacial score (nSPS) is 10.2. The average molecular weight is 379 g/mol. The first-order valence-corrected chi connectivity index (χ1v) is 8.07. The van der Waals surface area contributed by atoms with E-state index in [0.717, 1.165) is 23.9 Å². The monoisotopic (exact) mass is 378 g/mol. The number of unbranched alkanes of at least 4 members (excludes halogenated alkanes) is 1. The Labute approximate surface area is 143 Å². The van der Waals surface area contributed by atoms with Crippen LogP contribution in [0.1, 0.15) is 30.1 Å². The fraction of sp³-hybridized carbons (Fsp3) is 0.267. The summed E-state index contributed by atoms with van der Waals surface area (Å²) in [5.41, 5.74) is 12.2. The molecule has 2 aromatic rings. The Morgan fingerprint density at radius 3 is 2.61 bits per heavy atom. The highest BCUT2D eigenvalue weighted by atomic mass is 79.9. The Kier molecular flexibility index (Phi) is 6.16. The number of nitrogens with one attached hydrogen (secondary N) is 3. The predicted octanol–water partition coefficient (Wildman–Crippen LogP) is 2.79. The summed E-state index contributed by atoms with van der Waals surface area (Å²) >= 11 is 3.33. The van der Waals surface area contributed by atoms with E-state index in [0.29, 0.717) is 22.9 Å². The van der Waals surface area contributed by atoms with Gasteiger partial charge >= 0.3 is 0 Å². The van der Waals surface area contributed by atoms with E-state index in [2.05, 4.69) is 49.0 Å². The van der Waals surface area contributed by atoms with Crippen molar-refractivity contribution < 1.29 is 4.79 Å². The van der Waals surface area contributed by atoms with Crippen LogP contribution in [0.2, 0.25) is 0 Å². The zero-order chi connectivity index (χ0) is 16.7. The van der Waals surface area contributed by atoms with Gasteiger partial charge in [0.1, 0.15) is 12.0 Å². The fourth-order valence-electron chi connectivity index (χ4n) is 1.81. The van der Waals surface area contributed by atoms with E-state index in [1.54, 1.807) is 24.3 Å². The minimum absolute atomic E-state index is 0.281. The number of carbonyl (C=O) groups excluding carboxylic acids is 1. The van der Waals surface area contributed by atoms with Crippen LogP contribution in [0, 0.1) is 0 Å². The number of benzene rings is 1. The molecule has 1 amide bonds. The molecule has 0 radical (unpaired) electrons. The molecule has 0 spiro atoms. The summed E-state index contributed by atoms with van der Waals surface area (Å²) in [6, 6.07) is 7.01. The molecular formula is C15H19BrN6O. The van der Waals surface area contributed by atoms with E-state index >= 15 is 0 Å². The highest BCUT2D eigenvalue weighted by molar-refractivity contribution is 9.10. The Morgan fingerprint density at radius 2 is 1.91 bits per heavy atom. The first-order chi connectivity index (χ1) is 11.1. The summed E-state index contributed by atoms with van der Waals surface area (Å²) in [6.45, 7) is 2.89. The van der Waals surface area contributed by atoms with E-state index in [-0.39, 0.29) is 5.91 Å². The number of nitrogen functional groups attached to an aromatic ring is 1. The third-order valence-electron chi connectivity index (χ3n) is 3.11. The van der Waals surface area contributed by atoms with Crippen molar-refractivity contribution in [3.63, 3.8) is 0 Å². The predicted molar refractivity (Wildman–Crippen MR) is 95.1 cm³/mol. The largest absolute Gasteiger partial charge is 0.393 e. The highest BCUT2D eigenvalue weighted by Gasteiger charge is 2.09. The molecule has 0 unspecified atom stereocenters. The van der Waals surface area contributed by atoms with Crippen molar-refractivity contribution in [1.29, 1.82) is 0 Å². The fourth-order valence-corrected chi connectivity index (χ4v) is 2.07. The lowest BCUT2D eigenvalue weighted by molar-refractivity contribution is 0.0962. The molecule has 0 aliphatic carbocycles. The SMILES string of the molecule is CCCCNc1ncnc(NNC(=O)c2ccc(Br)cc2)c1N. The molecule has 122 valence electrons. The van der Waals surface area contributed by atoms with E-state index in [4.69, 9.17) is 5.73 Å². The number of nitrogens with two attached hydrogens (primary N) is 1. The molecule has 23 heavy (non-hydrogen) atoms. The van der Waals surface area contributed by atoms with E-state index in [9.17, 15) is 4.79 Å². The molecule has 0 fully saturated rings. The van der Waals surface area contributed by atoms with Crippen LogP contribution >= 0.6 is 15.9 Å². The molecule has 0 aliphatic rings. The molecule has 2 rings (SSSR count). The van der Waals surface area contributed by atoms with Crippen LogP contribution in [-0.2, 0) is 0 Å². The minimum Gasteiger partial charge on any atom is -0.393 e. The van der Waals surface area contributed by atoms with Crippen molar-refractivity contribution in [2.45, 2.75) is 19.8 Å². The highest BCUT2D eigenvalue weighted by Crippen LogP contribution is 2.21. The number of halogens is 1. The van der Waals surface area contributed by atoms with Crippen molar-refractivity contribution in [2.24, 2.45) is 0 Å². The van der Waals surface area contributed by atoms with Crippen LogP contribution in [0.25, 0.3) is 0 Å². The van der Waals surface area contributed by atoms with Crippen molar-refractivity contribution >= 4 is 39.2 Å². The summed E-state index contributed by atoms with van der Waals surface area (Å²) in [4.78, 5) is 20.2. The van der Waals surface area contributed by atoms with Crippen molar-refractivity contribution in [2.75, 3.05) is 23.0 Å². The van der Waals surface area contributed by atoms with Gasteiger partial charge in [-0.15, -0.1) is 0 Å². The van der Waals surface area contributed by atoms with Crippen molar-refractivity contribution in [1.82, 2.24) is 15.4 Å². The summed E-state index contributed by atoms with van der Waals surface area (Å²) in [7, 11) is 0. The Hall–Kier alpha value is -2.35. The van der Waals surface area contributed by atoms with Gasteiger partial charge in [0.2, 0.25) is 0 Å². The molecule has 5 N–H and O–H groups in total. The van der Waals surface area contributed by atoms with Gasteiger partial charge in [-0.1, -0.05) is 29.3 Å². The van der Waals surface area contributed by atoms with Gasteiger partial charge in [0.15, 0.2) is 11.6 Å². The summed E-state index contributed by atoms with van der Waals surface area (Å²) in [5.74, 6) is 0.620. The molecule has 7 nitrogen and oxygen atoms in total. The number of aromatic nitrogens is 2. The second-order valence-electron chi connectivity index (χ2n) is 4.85.